The first kappa shape index (κ1) is 21.9. The fourth-order valence-corrected chi connectivity index (χ4v) is 4.97. The summed E-state index contributed by atoms with van der Waals surface area (Å²) in [7, 11) is 0. The number of rotatable bonds is 7. The lowest BCUT2D eigenvalue weighted by Crippen LogP contribution is -2.18. The molecule has 7 heteroatoms. The molecule has 0 bridgehead atoms. The summed E-state index contributed by atoms with van der Waals surface area (Å²) in [6.07, 6.45) is 8.73. The van der Waals surface area contributed by atoms with Crippen LogP contribution in [0, 0.1) is 5.92 Å². The van der Waals surface area contributed by atoms with Gasteiger partial charge >= 0.3 is 5.97 Å². The minimum absolute atomic E-state index is 0.250. The largest absolute Gasteiger partial charge is 0.481 e. The Hall–Kier alpha value is -3.87. The van der Waals surface area contributed by atoms with Crippen LogP contribution in [0.15, 0.2) is 67.1 Å². The Bertz CT molecular complexity index is 1280. The summed E-state index contributed by atoms with van der Waals surface area (Å²) in [5, 5.41) is 9.85. The van der Waals surface area contributed by atoms with Crippen molar-refractivity contribution in [3.63, 3.8) is 0 Å². The molecule has 0 atom stereocenters. The number of fused-ring (bicyclic) bond motifs is 1. The van der Waals surface area contributed by atoms with Crippen molar-refractivity contribution in [3.8, 4) is 22.6 Å². The zero-order chi connectivity index (χ0) is 23.5. The highest BCUT2D eigenvalue weighted by atomic mass is 16.5. The molecule has 0 spiro atoms. The molecule has 0 radical (unpaired) electrons. The Morgan fingerprint density at radius 2 is 1.71 bits per heavy atom. The minimum Gasteiger partial charge on any atom is -0.481 e. The summed E-state index contributed by atoms with van der Waals surface area (Å²) in [5.41, 5.74) is 9.20. The van der Waals surface area contributed by atoms with E-state index in [0.717, 1.165) is 65.8 Å². The molecule has 0 unspecified atom stereocenters. The SMILES string of the molecule is Nc1ncnc2c1c(-c1ccc(Oc3ccccc3)cc1)cn2C1CCC(CCC(=O)O)CC1. The molecule has 1 fully saturated rings. The first-order valence-corrected chi connectivity index (χ1v) is 11.7. The van der Waals surface area contributed by atoms with Gasteiger partial charge in [-0.2, -0.15) is 0 Å². The predicted molar refractivity (Wildman–Crippen MR) is 132 cm³/mol. The first-order chi connectivity index (χ1) is 16.6. The van der Waals surface area contributed by atoms with Crippen molar-refractivity contribution in [2.45, 2.75) is 44.6 Å². The van der Waals surface area contributed by atoms with E-state index in [1.807, 2.05) is 54.6 Å². The summed E-state index contributed by atoms with van der Waals surface area (Å²) in [6.45, 7) is 0. The molecule has 5 rings (SSSR count). The molecule has 3 N–H and O–H groups in total. The van der Waals surface area contributed by atoms with Crippen molar-refractivity contribution in [1.82, 2.24) is 14.5 Å². The number of carboxylic acid groups (broad SMARTS) is 1. The molecule has 1 saturated carbocycles. The maximum atomic E-state index is 10.9. The fourth-order valence-electron chi connectivity index (χ4n) is 4.97. The number of carbonyl (C=O) groups is 1. The van der Waals surface area contributed by atoms with E-state index < -0.39 is 5.97 Å². The number of hydrogen-bond donors (Lipinski definition) is 2. The number of benzene rings is 2. The zero-order valence-corrected chi connectivity index (χ0v) is 18.9. The molecule has 34 heavy (non-hydrogen) atoms. The number of carboxylic acids is 1. The number of anilines is 1. The summed E-state index contributed by atoms with van der Waals surface area (Å²) in [5.74, 6) is 1.80. The molecular weight excluding hydrogens is 428 g/mol. The molecule has 0 saturated heterocycles. The van der Waals surface area contributed by atoms with Crippen LogP contribution in [-0.2, 0) is 4.79 Å². The Balaban J connectivity index is 1.40. The molecular formula is C27H28N4O3. The molecule has 1 aliphatic carbocycles. The predicted octanol–water partition coefficient (Wildman–Crippen LogP) is 6.07. The average molecular weight is 457 g/mol. The first-order valence-electron chi connectivity index (χ1n) is 11.7. The minimum atomic E-state index is -0.712. The Morgan fingerprint density at radius 3 is 2.41 bits per heavy atom. The van der Waals surface area contributed by atoms with E-state index in [1.54, 1.807) is 0 Å². The summed E-state index contributed by atoms with van der Waals surface area (Å²) in [6, 6.07) is 18.0. The van der Waals surface area contributed by atoms with E-state index >= 15 is 0 Å². The van der Waals surface area contributed by atoms with Crippen molar-refractivity contribution in [2.24, 2.45) is 5.92 Å². The molecule has 7 nitrogen and oxygen atoms in total. The van der Waals surface area contributed by atoms with Gasteiger partial charge in [-0.05, 0) is 67.9 Å². The van der Waals surface area contributed by atoms with E-state index in [0.29, 0.717) is 17.8 Å². The van der Waals surface area contributed by atoms with Crippen LogP contribution in [0.3, 0.4) is 0 Å². The molecule has 4 aromatic rings. The molecule has 2 aromatic heterocycles. The molecule has 2 heterocycles. The van der Waals surface area contributed by atoms with Crippen molar-refractivity contribution >= 4 is 22.8 Å². The number of nitrogens with zero attached hydrogens (tertiary/aromatic N) is 3. The summed E-state index contributed by atoms with van der Waals surface area (Å²) >= 11 is 0. The lowest BCUT2D eigenvalue weighted by atomic mass is 9.83. The van der Waals surface area contributed by atoms with Crippen LogP contribution in [0.5, 0.6) is 11.5 Å². The second kappa shape index (κ2) is 9.55. The van der Waals surface area contributed by atoms with Gasteiger partial charge in [0.2, 0.25) is 0 Å². The van der Waals surface area contributed by atoms with E-state index in [-0.39, 0.29) is 6.42 Å². The number of nitrogens with two attached hydrogens (primary N) is 1. The molecule has 1 aliphatic rings. The van der Waals surface area contributed by atoms with Gasteiger partial charge in [0.05, 0.1) is 5.39 Å². The van der Waals surface area contributed by atoms with Crippen molar-refractivity contribution < 1.29 is 14.6 Å². The molecule has 2 aromatic carbocycles. The lowest BCUT2D eigenvalue weighted by molar-refractivity contribution is -0.137. The Labute approximate surface area is 198 Å². The zero-order valence-electron chi connectivity index (χ0n) is 18.9. The van der Waals surface area contributed by atoms with Crippen LogP contribution >= 0.6 is 0 Å². The Kier molecular flexibility index (Phi) is 6.16. The van der Waals surface area contributed by atoms with Gasteiger partial charge in [0, 0.05) is 24.2 Å². The topological polar surface area (TPSA) is 103 Å². The maximum absolute atomic E-state index is 10.9. The van der Waals surface area contributed by atoms with Gasteiger partial charge in [-0.3, -0.25) is 4.79 Å². The van der Waals surface area contributed by atoms with Gasteiger partial charge in [0.15, 0.2) is 0 Å². The normalized spacial score (nSPS) is 18.1. The number of nitrogen functional groups attached to an aromatic ring is 1. The van der Waals surface area contributed by atoms with E-state index in [9.17, 15) is 4.79 Å². The number of aliphatic carboxylic acids is 1. The highest BCUT2D eigenvalue weighted by Crippen LogP contribution is 2.40. The van der Waals surface area contributed by atoms with Crippen molar-refractivity contribution in [3.05, 3.63) is 67.1 Å². The van der Waals surface area contributed by atoms with E-state index in [1.165, 1.54) is 6.33 Å². The van der Waals surface area contributed by atoms with Crippen LogP contribution in [-0.4, -0.2) is 25.6 Å². The number of ether oxygens (including phenoxy) is 1. The molecule has 0 aliphatic heterocycles. The number of hydrogen-bond acceptors (Lipinski definition) is 5. The van der Waals surface area contributed by atoms with Crippen LogP contribution in [0.1, 0.15) is 44.6 Å². The molecule has 0 amide bonds. The smallest absolute Gasteiger partial charge is 0.303 e. The van der Waals surface area contributed by atoms with Gasteiger partial charge < -0.3 is 20.1 Å². The maximum Gasteiger partial charge on any atom is 0.303 e. The third-order valence-corrected chi connectivity index (χ3v) is 6.76. The second-order valence-electron chi connectivity index (χ2n) is 8.95. The summed E-state index contributed by atoms with van der Waals surface area (Å²) < 4.78 is 8.17. The van der Waals surface area contributed by atoms with Crippen LogP contribution in [0.2, 0.25) is 0 Å². The number of para-hydroxylation sites is 1. The van der Waals surface area contributed by atoms with Crippen molar-refractivity contribution in [2.75, 3.05) is 5.73 Å². The van der Waals surface area contributed by atoms with Crippen LogP contribution in [0.4, 0.5) is 5.82 Å². The van der Waals surface area contributed by atoms with Crippen LogP contribution in [0.25, 0.3) is 22.2 Å². The van der Waals surface area contributed by atoms with Crippen molar-refractivity contribution in [1.29, 1.82) is 0 Å². The van der Waals surface area contributed by atoms with Gasteiger partial charge in [0.1, 0.15) is 29.3 Å². The van der Waals surface area contributed by atoms with Gasteiger partial charge in [-0.1, -0.05) is 30.3 Å². The highest BCUT2D eigenvalue weighted by Gasteiger charge is 2.26. The van der Waals surface area contributed by atoms with E-state index in [4.69, 9.17) is 15.6 Å². The van der Waals surface area contributed by atoms with Gasteiger partial charge in [-0.15, -0.1) is 0 Å². The quantitative estimate of drug-likeness (QED) is 0.350. The third-order valence-electron chi connectivity index (χ3n) is 6.76. The lowest BCUT2D eigenvalue weighted by Gasteiger charge is -2.29. The van der Waals surface area contributed by atoms with Crippen LogP contribution < -0.4 is 10.5 Å². The summed E-state index contributed by atoms with van der Waals surface area (Å²) in [4.78, 5) is 19.8. The highest BCUT2D eigenvalue weighted by molar-refractivity contribution is 6.00. The van der Waals surface area contributed by atoms with Gasteiger partial charge in [-0.25, -0.2) is 9.97 Å². The number of aromatic nitrogens is 3. The molecule has 174 valence electrons. The average Bonchev–Trinajstić information content (AvgIpc) is 3.25. The fraction of sp³-hybridized carbons (Fsp3) is 0.296. The monoisotopic (exact) mass is 456 g/mol. The standard InChI is InChI=1S/C27H28N4O3/c28-26-25-23(19-9-13-22(14-10-19)34-21-4-2-1-3-5-21)16-31(27(25)30-17-29-26)20-11-6-18(7-12-20)8-15-24(32)33/h1-5,9-10,13-14,16-18,20H,6-8,11-12,15H2,(H,32,33)(H2,28,29,30). The van der Waals surface area contributed by atoms with E-state index in [2.05, 4.69) is 20.7 Å². The third kappa shape index (κ3) is 4.59. The Morgan fingerprint density at radius 1 is 1.00 bits per heavy atom. The second-order valence-corrected chi connectivity index (χ2v) is 8.95. The van der Waals surface area contributed by atoms with Gasteiger partial charge in [0.25, 0.3) is 0 Å².